The van der Waals surface area contributed by atoms with Crippen LogP contribution in [0.25, 0.3) is 16.3 Å². The molecule has 1 fully saturated rings. The van der Waals surface area contributed by atoms with E-state index < -0.39 is 5.91 Å². The summed E-state index contributed by atoms with van der Waals surface area (Å²) in [6.45, 7) is 2.16. The molecule has 0 aliphatic heterocycles. The van der Waals surface area contributed by atoms with Crippen molar-refractivity contribution in [3.05, 3.63) is 76.0 Å². The summed E-state index contributed by atoms with van der Waals surface area (Å²) in [6.07, 6.45) is 8.33. The zero-order valence-corrected chi connectivity index (χ0v) is 18.0. The predicted molar refractivity (Wildman–Crippen MR) is 122 cm³/mol. The van der Waals surface area contributed by atoms with E-state index in [2.05, 4.69) is 22.2 Å². The number of amides is 1. The smallest absolute Gasteiger partial charge is 0.272 e. The Morgan fingerprint density at radius 3 is 2.66 bits per heavy atom. The number of carbonyl (C=O) groups is 1. The standard InChI is InChI=1S/C15H18N2O.C9H9N3O2/c1-10(9-11-5-4-6-11)14-12-7-2-3-8-13(12)15(18)17-16-14;10-9(14)7-3-11-12-4-6(5-13)1-2-8(7)12/h2-3,7-8,10-11H,4-6,9H2,1H3,(H,17,18);1-4,13H,5H2,(H2,10,14)/t10-;/m0./s1. The number of nitrogens with two attached hydrogens (primary N) is 1. The maximum absolute atomic E-state index is 11.7. The number of hydrogen-bond acceptors (Lipinski definition) is 5. The highest BCUT2D eigenvalue weighted by atomic mass is 16.3. The number of fused-ring (bicyclic) bond motifs is 2. The molecule has 3 heterocycles. The Morgan fingerprint density at radius 2 is 2.00 bits per heavy atom. The average Bonchev–Trinajstić information content (AvgIpc) is 3.20. The highest BCUT2D eigenvalue weighted by Gasteiger charge is 2.22. The number of primary amides is 1. The van der Waals surface area contributed by atoms with Crippen LogP contribution in [0.3, 0.4) is 0 Å². The van der Waals surface area contributed by atoms with Crippen molar-refractivity contribution in [2.24, 2.45) is 11.7 Å². The molecule has 0 saturated heterocycles. The van der Waals surface area contributed by atoms with Crippen LogP contribution in [0.5, 0.6) is 0 Å². The molecule has 8 nitrogen and oxygen atoms in total. The number of rotatable bonds is 5. The Labute approximate surface area is 185 Å². The quantitative estimate of drug-likeness (QED) is 0.446. The minimum atomic E-state index is -0.503. The molecule has 1 atom stereocenters. The Bertz CT molecular complexity index is 1310. The highest BCUT2D eigenvalue weighted by Crippen LogP contribution is 2.36. The summed E-state index contributed by atoms with van der Waals surface area (Å²) in [7, 11) is 0. The van der Waals surface area contributed by atoms with Gasteiger partial charge in [0.25, 0.3) is 11.5 Å². The molecule has 1 saturated carbocycles. The lowest BCUT2D eigenvalue weighted by atomic mass is 9.78. The molecule has 0 spiro atoms. The van der Waals surface area contributed by atoms with E-state index >= 15 is 0 Å². The predicted octanol–water partition coefficient (Wildman–Crippen LogP) is 3.14. The van der Waals surface area contributed by atoms with E-state index in [-0.39, 0.29) is 12.2 Å². The number of carbonyl (C=O) groups excluding carboxylic acids is 1. The topological polar surface area (TPSA) is 126 Å². The summed E-state index contributed by atoms with van der Waals surface area (Å²) < 4.78 is 1.52. The molecule has 1 amide bonds. The van der Waals surface area contributed by atoms with Crippen molar-refractivity contribution in [1.82, 2.24) is 19.8 Å². The molecule has 0 bridgehead atoms. The molecule has 3 aromatic heterocycles. The second-order valence-corrected chi connectivity index (χ2v) is 8.37. The lowest BCUT2D eigenvalue weighted by Gasteiger charge is -2.28. The normalized spacial score (nSPS) is 14.6. The Hall–Kier alpha value is -3.52. The van der Waals surface area contributed by atoms with Gasteiger partial charge in [0, 0.05) is 17.5 Å². The van der Waals surface area contributed by atoms with Crippen molar-refractivity contribution < 1.29 is 9.90 Å². The van der Waals surface area contributed by atoms with Crippen molar-refractivity contribution in [3.8, 4) is 0 Å². The van der Waals surface area contributed by atoms with Crippen molar-refractivity contribution in [3.63, 3.8) is 0 Å². The van der Waals surface area contributed by atoms with Crippen LogP contribution >= 0.6 is 0 Å². The maximum Gasteiger partial charge on any atom is 0.272 e. The van der Waals surface area contributed by atoms with E-state index in [1.54, 1.807) is 18.3 Å². The lowest BCUT2D eigenvalue weighted by Crippen LogP contribution is -2.17. The molecule has 1 aliphatic carbocycles. The summed E-state index contributed by atoms with van der Waals surface area (Å²) in [6, 6.07) is 11.2. The number of aromatic amines is 1. The molecule has 166 valence electrons. The second-order valence-electron chi connectivity index (χ2n) is 8.37. The Kier molecular flexibility index (Phi) is 6.32. The van der Waals surface area contributed by atoms with Gasteiger partial charge in [0.2, 0.25) is 0 Å². The fraction of sp³-hybridized carbons (Fsp3) is 0.333. The van der Waals surface area contributed by atoms with Crippen molar-refractivity contribution >= 4 is 22.2 Å². The summed E-state index contributed by atoms with van der Waals surface area (Å²) in [5, 5.41) is 21.5. The lowest BCUT2D eigenvalue weighted by molar-refractivity contribution is 0.100. The zero-order valence-electron chi connectivity index (χ0n) is 18.0. The van der Waals surface area contributed by atoms with E-state index in [4.69, 9.17) is 10.8 Å². The molecular weight excluding hydrogens is 406 g/mol. The van der Waals surface area contributed by atoms with Gasteiger partial charge in [0.05, 0.1) is 35.0 Å². The van der Waals surface area contributed by atoms with Gasteiger partial charge in [-0.05, 0) is 30.0 Å². The fourth-order valence-electron chi connectivity index (χ4n) is 4.16. The largest absolute Gasteiger partial charge is 0.392 e. The minimum Gasteiger partial charge on any atom is -0.392 e. The Balaban J connectivity index is 0.000000158. The number of H-pyrrole nitrogens is 1. The number of nitrogens with zero attached hydrogens (tertiary/aromatic N) is 3. The van der Waals surface area contributed by atoms with Crippen LogP contribution < -0.4 is 11.3 Å². The van der Waals surface area contributed by atoms with Gasteiger partial charge in [0.1, 0.15) is 0 Å². The summed E-state index contributed by atoms with van der Waals surface area (Å²) in [5.41, 5.74) is 7.86. The van der Waals surface area contributed by atoms with Crippen LogP contribution in [0, 0.1) is 5.92 Å². The molecule has 8 heteroatoms. The Morgan fingerprint density at radius 1 is 1.25 bits per heavy atom. The molecule has 0 unspecified atom stereocenters. The number of benzene rings is 1. The summed E-state index contributed by atoms with van der Waals surface area (Å²) in [5.74, 6) is 0.765. The van der Waals surface area contributed by atoms with Crippen molar-refractivity contribution in [1.29, 1.82) is 0 Å². The SMILES string of the molecule is C[C@@H](CC1CCC1)c1n[nH]c(=O)c2ccccc12.NC(=O)c1cnn2cc(CO)ccc12. The van der Waals surface area contributed by atoms with Gasteiger partial charge in [-0.25, -0.2) is 9.61 Å². The third-order valence-electron chi connectivity index (χ3n) is 6.13. The van der Waals surface area contributed by atoms with E-state index in [0.717, 1.165) is 27.9 Å². The fourth-order valence-corrected chi connectivity index (χ4v) is 4.16. The molecule has 32 heavy (non-hydrogen) atoms. The van der Waals surface area contributed by atoms with Crippen LogP contribution in [-0.4, -0.2) is 30.8 Å². The van der Waals surface area contributed by atoms with Crippen molar-refractivity contribution in [2.75, 3.05) is 0 Å². The summed E-state index contributed by atoms with van der Waals surface area (Å²) >= 11 is 0. The van der Waals surface area contributed by atoms with Gasteiger partial charge in [-0.2, -0.15) is 10.2 Å². The molecule has 1 aromatic carbocycles. The van der Waals surface area contributed by atoms with Gasteiger partial charge in [-0.1, -0.05) is 50.5 Å². The van der Waals surface area contributed by atoms with Gasteiger partial charge in [-0.15, -0.1) is 0 Å². The monoisotopic (exact) mass is 433 g/mol. The van der Waals surface area contributed by atoms with Crippen LogP contribution in [0.4, 0.5) is 0 Å². The van der Waals surface area contributed by atoms with E-state index in [1.165, 1.54) is 36.4 Å². The van der Waals surface area contributed by atoms with E-state index in [9.17, 15) is 9.59 Å². The molecule has 0 radical (unpaired) electrons. The number of hydrogen-bond donors (Lipinski definition) is 3. The highest BCUT2D eigenvalue weighted by molar-refractivity contribution is 5.99. The third kappa shape index (κ3) is 4.40. The van der Waals surface area contributed by atoms with Crippen LogP contribution in [0.1, 0.15) is 60.1 Å². The number of aromatic nitrogens is 4. The van der Waals surface area contributed by atoms with E-state index in [1.807, 2.05) is 24.3 Å². The van der Waals surface area contributed by atoms with Gasteiger partial charge < -0.3 is 10.8 Å². The van der Waals surface area contributed by atoms with Gasteiger partial charge in [0.15, 0.2) is 0 Å². The minimum absolute atomic E-state index is 0.0539. The molecule has 5 rings (SSSR count). The van der Waals surface area contributed by atoms with E-state index in [0.29, 0.717) is 17.0 Å². The first kappa shape index (κ1) is 21.7. The number of nitrogens with one attached hydrogen (secondary N) is 1. The number of pyridine rings is 1. The first-order chi connectivity index (χ1) is 15.5. The van der Waals surface area contributed by atoms with Gasteiger partial charge in [-0.3, -0.25) is 9.59 Å². The first-order valence-electron chi connectivity index (χ1n) is 10.8. The van der Waals surface area contributed by atoms with Crippen LogP contribution in [0.2, 0.25) is 0 Å². The van der Waals surface area contributed by atoms with Crippen LogP contribution in [-0.2, 0) is 6.61 Å². The number of aliphatic hydroxyl groups is 1. The zero-order chi connectivity index (χ0) is 22.7. The second kappa shape index (κ2) is 9.32. The molecule has 4 aromatic rings. The van der Waals surface area contributed by atoms with Gasteiger partial charge >= 0.3 is 0 Å². The summed E-state index contributed by atoms with van der Waals surface area (Å²) in [4.78, 5) is 22.7. The molecular formula is C24H27N5O3. The third-order valence-corrected chi connectivity index (χ3v) is 6.13. The number of aliphatic hydroxyl groups excluding tert-OH is 1. The molecule has 1 aliphatic rings. The first-order valence-corrected chi connectivity index (χ1v) is 10.8. The van der Waals surface area contributed by atoms with Crippen molar-refractivity contribution in [2.45, 2.75) is 45.1 Å². The maximum atomic E-state index is 11.7. The molecule has 4 N–H and O–H groups in total. The van der Waals surface area contributed by atoms with Crippen LogP contribution in [0.15, 0.2) is 53.6 Å². The average molecular weight is 434 g/mol.